The monoisotopic (exact) mass is 352 g/mol. The van der Waals surface area contributed by atoms with Crippen molar-refractivity contribution in [2.24, 2.45) is 0 Å². The van der Waals surface area contributed by atoms with Gasteiger partial charge in [0.1, 0.15) is 0 Å². The quantitative estimate of drug-likeness (QED) is 0.423. The van der Waals surface area contributed by atoms with Crippen LogP contribution in [-0.2, 0) is 11.3 Å². The summed E-state index contributed by atoms with van der Waals surface area (Å²) in [5.41, 5.74) is 4.95. The van der Waals surface area contributed by atoms with Gasteiger partial charge < -0.3 is 10.2 Å². The van der Waals surface area contributed by atoms with Gasteiger partial charge in [0.2, 0.25) is 0 Å². The van der Waals surface area contributed by atoms with E-state index in [1.165, 1.54) is 11.6 Å². The number of anilines is 1. The van der Waals surface area contributed by atoms with E-state index in [-0.39, 0.29) is 0 Å². The van der Waals surface area contributed by atoms with Crippen LogP contribution in [-0.4, -0.2) is 35.2 Å². The van der Waals surface area contributed by atoms with Crippen LogP contribution < -0.4 is 15.7 Å². The number of para-hydroxylation sites is 1. The van der Waals surface area contributed by atoms with Crippen molar-refractivity contribution in [3.63, 3.8) is 0 Å². The zero-order valence-electron chi connectivity index (χ0n) is 14.6. The molecule has 0 atom stereocenters. The molecule has 1 aliphatic rings. The Morgan fingerprint density at radius 1 is 1.19 bits per heavy atom. The van der Waals surface area contributed by atoms with Gasteiger partial charge in [0, 0.05) is 49.8 Å². The van der Waals surface area contributed by atoms with Crippen molar-refractivity contribution in [2.45, 2.75) is 25.4 Å². The molecule has 136 valence electrons. The highest BCUT2D eigenvalue weighted by atomic mass is 16.5. The van der Waals surface area contributed by atoms with Gasteiger partial charge >= 0.3 is 0 Å². The summed E-state index contributed by atoms with van der Waals surface area (Å²) in [6, 6.07) is 12.6. The Hall–Kier alpha value is -2.70. The highest BCUT2D eigenvalue weighted by Crippen LogP contribution is 2.25. The lowest BCUT2D eigenvalue weighted by Gasteiger charge is -2.35. The van der Waals surface area contributed by atoms with Crippen LogP contribution in [0.2, 0.25) is 0 Å². The first-order valence-electron chi connectivity index (χ1n) is 8.84. The number of aromatic nitrogens is 1. The Morgan fingerprint density at radius 2 is 1.92 bits per heavy atom. The van der Waals surface area contributed by atoms with Crippen LogP contribution in [0.1, 0.15) is 24.0 Å². The molecule has 2 aromatic rings. The second kappa shape index (κ2) is 9.12. The molecule has 0 spiro atoms. The standard InChI is InChI=1S/C20H24N4O2/c25-20(23-26)6-5-17-3-1-2-4-19(17)24-13-9-18(10-14-24)22-15-16-7-11-21-12-8-16/h1-8,11-12,18,22,26H,9-10,13-15H2,(H,23,25)/b6-5+. The van der Waals surface area contributed by atoms with Gasteiger partial charge in [-0.25, -0.2) is 5.48 Å². The molecule has 2 heterocycles. The minimum Gasteiger partial charge on any atom is -0.371 e. The molecule has 1 fully saturated rings. The van der Waals surface area contributed by atoms with Gasteiger partial charge in [0.25, 0.3) is 5.91 Å². The minimum absolute atomic E-state index is 0.502. The van der Waals surface area contributed by atoms with Crippen LogP contribution in [0.4, 0.5) is 5.69 Å². The van der Waals surface area contributed by atoms with Gasteiger partial charge in [-0.2, -0.15) is 0 Å². The van der Waals surface area contributed by atoms with E-state index in [4.69, 9.17) is 5.21 Å². The number of rotatable bonds is 6. The van der Waals surface area contributed by atoms with Gasteiger partial charge in [-0.05, 0) is 48.2 Å². The summed E-state index contributed by atoms with van der Waals surface area (Å²) >= 11 is 0. The number of amides is 1. The maximum absolute atomic E-state index is 11.2. The van der Waals surface area contributed by atoms with Crippen molar-refractivity contribution in [3.8, 4) is 0 Å². The third-order valence-corrected chi connectivity index (χ3v) is 4.64. The van der Waals surface area contributed by atoms with E-state index in [0.29, 0.717) is 6.04 Å². The SMILES string of the molecule is O=C(/C=C/c1ccccc1N1CCC(NCc2ccncc2)CC1)NO. The van der Waals surface area contributed by atoms with E-state index in [0.717, 1.165) is 43.7 Å². The fraction of sp³-hybridized carbons (Fsp3) is 0.300. The predicted molar refractivity (Wildman–Crippen MR) is 102 cm³/mol. The maximum atomic E-state index is 11.2. The molecule has 26 heavy (non-hydrogen) atoms. The molecule has 3 N–H and O–H groups in total. The van der Waals surface area contributed by atoms with Crippen molar-refractivity contribution in [2.75, 3.05) is 18.0 Å². The Labute approximate surface area is 153 Å². The molecule has 0 radical (unpaired) electrons. The average molecular weight is 352 g/mol. The van der Waals surface area contributed by atoms with Gasteiger partial charge in [-0.3, -0.25) is 15.0 Å². The fourth-order valence-corrected chi connectivity index (χ4v) is 3.21. The topological polar surface area (TPSA) is 77.5 Å². The van der Waals surface area contributed by atoms with Crippen molar-refractivity contribution >= 4 is 17.7 Å². The summed E-state index contributed by atoms with van der Waals surface area (Å²) in [7, 11) is 0. The molecule has 6 nitrogen and oxygen atoms in total. The minimum atomic E-state index is -0.529. The lowest BCUT2D eigenvalue weighted by Crippen LogP contribution is -2.42. The van der Waals surface area contributed by atoms with E-state index < -0.39 is 5.91 Å². The number of carbonyl (C=O) groups is 1. The lowest BCUT2D eigenvalue weighted by atomic mass is 10.0. The van der Waals surface area contributed by atoms with Gasteiger partial charge in [0.15, 0.2) is 0 Å². The Balaban J connectivity index is 1.56. The van der Waals surface area contributed by atoms with Crippen LogP contribution in [0.5, 0.6) is 0 Å². The first kappa shape index (κ1) is 18.1. The predicted octanol–water partition coefficient (Wildman–Crippen LogP) is 2.36. The summed E-state index contributed by atoms with van der Waals surface area (Å²) < 4.78 is 0. The number of nitrogens with zero attached hydrogens (tertiary/aromatic N) is 2. The second-order valence-corrected chi connectivity index (χ2v) is 6.37. The number of nitrogens with one attached hydrogen (secondary N) is 2. The van der Waals surface area contributed by atoms with Crippen LogP contribution in [0.25, 0.3) is 6.08 Å². The third kappa shape index (κ3) is 4.91. The van der Waals surface area contributed by atoms with Crippen molar-refractivity contribution in [1.29, 1.82) is 0 Å². The number of hydrogen-bond acceptors (Lipinski definition) is 5. The number of pyridine rings is 1. The lowest BCUT2D eigenvalue weighted by molar-refractivity contribution is -0.124. The maximum Gasteiger partial charge on any atom is 0.267 e. The molecule has 1 saturated heterocycles. The van der Waals surface area contributed by atoms with Crippen LogP contribution in [0, 0.1) is 0 Å². The summed E-state index contributed by atoms with van der Waals surface area (Å²) in [5, 5.41) is 12.2. The van der Waals surface area contributed by atoms with Gasteiger partial charge in [-0.15, -0.1) is 0 Å². The van der Waals surface area contributed by atoms with E-state index in [2.05, 4.69) is 21.3 Å². The zero-order valence-corrected chi connectivity index (χ0v) is 14.6. The van der Waals surface area contributed by atoms with E-state index in [1.54, 1.807) is 11.6 Å². The molecular formula is C20H24N4O2. The number of hydrogen-bond donors (Lipinski definition) is 3. The molecule has 1 aromatic carbocycles. The van der Waals surface area contributed by atoms with Gasteiger partial charge in [-0.1, -0.05) is 18.2 Å². The second-order valence-electron chi connectivity index (χ2n) is 6.37. The third-order valence-electron chi connectivity index (χ3n) is 4.64. The molecule has 1 aliphatic heterocycles. The normalized spacial score (nSPS) is 15.3. The molecular weight excluding hydrogens is 328 g/mol. The summed E-state index contributed by atoms with van der Waals surface area (Å²) in [6.45, 7) is 2.79. The molecule has 0 saturated carbocycles. The van der Waals surface area contributed by atoms with Crippen LogP contribution in [0.3, 0.4) is 0 Å². The smallest absolute Gasteiger partial charge is 0.267 e. The first-order chi connectivity index (χ1) is 12.8. The number of carbonyl (C=O) groups excluding carboxylic acids is 1. The van der Waals surface area contributed by atoms with Crippen molar-refractivity contribution < 1.29 is 10.0 Å². The molecule has 0 aliphatic carbocycles. The molecule has 6 heteroatoms. The van der Waals surface area contributed by atoms with Crippen LogP contribution >= 0.6 is 0 Å². The average Bonchev–Trinajstić information content (AvgIpc) is 2.72. The summed E-state index contributed by atoms with van der Waals surface area (Å²) in [4.78, 5) is 17.6. The molecule has 0 unspecified atom stereocenters. The van der Waals surface area contributed by atoms with Crippen molar-refractivity contribution in [1.82, 2.24) is 15.8 Å². The Kier molecular flexibility index (Phi) is 6.35. The van der Waals surface area contributed by atoms with Crippen molar-refractivity contribution in [3.05, 3.63) is 66.0 Å². The molecule has 0 bridgehead atoms. The van der Waals surface area contributed by atoms with E-state index in [1.807, 2.05) is 42.7 Å². The zero-order chi connectivity index (χ0) is 18.2. The number of benzene rings is 1. The Morgan fingerprint density at radius 3 is 2.65 bits per heavy atom. The highest BCUT2D eigenvalue weighted by Gasteiger charge is 2.20. The largest absolute Gasteiger partial charge is 0.371 e. The highest BCUT2D eigenvalue weighted by molar-refractivity contribution is 5.91. The molecule has 1 amide bonds. The first-order valence-corrected chi connectivity index (χ1v) is 8.84. The van der Waals surface area contributed by atoms with Crippen LogP contribution in [0.15, 0.2) is 54.9 Å². The summed E-state index contributed by atoms with van der Waals surface area (Å²) in [6.07, 6.45) is 8.85. The Bertz CT molecular complexity index is 740. The molecule has 3 rings (SSSR count). The summed E-state index contributed by atoms with van der Waals surface area (Å²) in [5.74, 6) is -0.529. The van der Waals surface area contributed by atoms with E-state index in [9.17, 15) is 4.79 Å². The van der Waals surface area contributed by atoms with Gasteiger partial charge in [0.05, 0.1) is 0 Å². The number of hydroxylamine groups is 1. The molecule has 1 aromatic heterocycles. The van der Waals surface area contributed by atoms with E-state index >= 15 is 0 Å². The fourth-order valence-electron chi connectivity index (χ4n) is 3.21. The number of piperidine rings is 1.